The lowest BCUT2D eigenvalue weighted by molar-refractivity contribution is -0.130. The Kier molecular flexibility index (Phi) is 8.73. The summed E-state index contributed by atoms with van der Waals surface area (Å²) in [5, 5.41) is 0. The smallest absolute Gasteiger partial charge is 0.338 e. The highest BCUT2D eigenvalue weighted by atomic mass is 16.5. The molecule has 0 spiro atoms. The zero-order valence-electron chi connectivity index (χ0n) is 23.6. The van der Waals surface area contributed by atoms with Crippen LogP contribution in [0.2, 0.25) is 0 Å². The van der Waals surface area contributed by atoms with E-state index < -0.39 is 11.9 Å². The molecule has 41 heavy (non-hydrogen) atoms. The first-order valence-electron chi connectivity index (χ1n) is 13.0. The Bertz CT molecular complexity index is 1430. The van der Waals surface area contributed by atoms with Crippen molar-refractivity contribution in [3.8, 4) is 34.5 Å². The third-order valence-corrected chi connectivity index (χ3v) is 6.39. The van der Waals surface area contributed by atoms with Crippen LogP contribution in [0.5, 0.6) is 34.5 Å². The average molecular weight is 549 g/mol. The Balaban J connectivity index is 1.37. The molecule has 4 rings (SSSR count). The first kappa shape index (κ1) is 28.9. The van der Waals surface area contributed by atoms with Crippen LogP contribution in [0.4, 0.5) is 0 Å². The first-order valence-corrected chi connectivity index (χ1v) is 13.0. The second-order valence-corrected chi connectivity index (χ2v) is 10.2. The summed E-state index contributed by atoms with van der Waals surface area (Å²) >= 11 is 0. The van der Waals surface area contributed by atoms with E-state index in [1.807, 2.05) is 48.5 Å². The van der Waals surface area contributed by atoms with Crippen LogP contribution in [-0.2, 0) is 15.0 Å². The van der Waals surface area contributed by atoms with Crippen LogP contribution in [0.1, 0.15) is 38.8 Å². The number of carbonyl (C=O) groups is 2. The number of ether oxygens (including phenoxy) is 4. The fourth-order valence-electron chi connectivity index (χ4n) is 3.86. The Morgan fingerprint density at radius 3 is 1.00 bits per heavy atom. The van der Waals surface area contributed by atoms with Gasteiger partial charge in [0.2, 0.25) is 0 Å². The van der Waals surface area contributed by atoms with Gasteiger partial charge in [0.25, 0.3) is 0 Å². The van der Waals surface area contributed by atoms with Gasteiger partial charge in [-0.2, -0.15) is 0 Å². The molecule has 0 saturated carbocycles. The molecule has 0 heterocycles. The summed E-state index contributed by atoms with van der Waals surface area (Å²) in [6, 6.07) is 29.6. The zero-order valence-corrected chi connectivity index (χ0v) is 23.6. The van der Waals surface area contributed by atoms with Crippen LogP contribution in [0.25, 0.3) is 0 Å². The minimum absolute atomic E-state index is 0.263. The molecule has 4 aromatic rings. The molecule has 4 aromatic carbocycles. The lowest BCUT2D eigenvalue weighted by Gasteiger charge is -2.26. The van der Waals surface area contributed by atoms with Crippen LogP contribution in [0, 0.1) is 0 Å². The lowest BCUT2D eigenvalue weighted by Crippen LogP contribution is -2.18. The van der Waals surface area contributed by atoms with E-state index in [0.717, 1.165) is 11.1 Å². The standard InChI is InChI=1S/C35H32O6/c1-23(2)33(36)40-31-19-15-29(16-20-31)38-27-11-7-25(8-12-27)35(5,6)26-9-13-28(14-10-26)39-30-17-21-32(22-18-30)41-34(37)24(3)4/h7-22H,1,3H2,2,4-6H3. The van der Waals surface area contributed by atoms with Crippen molar-refractivity contribution in [1.82, 2.24) is 0 Å². The molecular formula is C35H32O6. The van der Waals surface area contributed by atoms with E-state index in [0.29, 0.717) is 45.6 Å². The fraction of sp³-hybridized carbons (Fsp3) is 0.143. The maximum absolute atomic E-state index is 11.7. The van der Waals surface area contributed by atoms with Crippen molar-refractivity contribution in [2.24, 2.45) is 0 Å². The number of esters is 2. The molecule has 6 nitrogen and oxygen atoms in total. The van der Waals surface area contributed by atoms with Crippen molar-refractivity contribution in [2.75, 3.05) is 0 Å². The predicted octanol–water partition coefficient (Wildman–Crippen LogP) is 8.56. The molecule has 0 aliphatic heterocycles. The van der Waals surface area contributed by atoms with Gasteiger partial charge in [0.05, 0.1) is 0 Å². The van der Waals surface area contributed by atoms with Crippen molar-refractivity contribution in [3.63, 3.8) is 0 Å². The van der Waals surface area contributed by atoms with Crippen LogP contribution >= 0.6 is 0 Å². The molecule has 0 radical (unpaired) electrons. The summed E-state index contributed by atoms with van der Waals surface area (Å²) in [7, 11) is 0. The molecule has 0 bridgehead atoms. The number of rotatable bonds is 10. The topological polar surface area (TPSA) is 71.1 Å². The van der Waals surface area contributed by atoms with Gasteiger partial charge in [-0.05, 0) is 97.8 Å². The summed E-state index contributed by atoms with van der Waals surface area (Å²) in [6.45, 7) is 14.7. The molecule has 0 aromatic heterocycles. The highest BCUT2D eigenvalue weighted by Crippen LogP contribution is 2.35. The minimum atomic E-state index is -0.464. The van der Waals surface area contributed by atoms with Crippen molar-refractivity contribution in [1.29, 1.82) is 0 Å². The number of carbonyl (C=O) groups excluding carboxylic acids is 2. The zero-order chi connectivity index (χ0) is 29.6. The highest BCUT2D eigenvalue weighted by molar-refractivity contribution is 5.89. The molecule has 0 amide bonds. The van der Waals surface area contributed by atoms with E-state index in [1.54, 1.807) is 62.4 Å². The third-order valence-electron chi connectivity index (χ3n) is 6.39. The molecule has 0 aliphatic rings. The Morgan fingerprint density at radius 1 is 0.488 bits per heavy atom. The quantitative estimate of drug-likeness (QED) is 0.112. The van der Waals surface area contributed by atoms with Gasteiger partial charge in [-0.3, -0.25) is 0 Å². The SMILES string of the molecule is C=C(C)C(=O)Oc1ccc(Oc2ccc(C(C)(C)c3ccc(Oc4ccc(OC(=O)C(=C)C)cc4)cc3)cc2)cc1. The second-order valence-electron chi connectivity index (χ2n) is 10.2. The monoisotopic (exact) mass is 548 g/mol. The van der Waals surface area contributed by atoms with Gasteiger partial charge in [-0.1, -0.05) is 51.3 Å². The second kappa shape index (κ2) is 12.4. The van der Waals surface area contributed by atoms with Crippen molar-refractivity contribution in [2.45, 2.75) is 33.1 Å². The van der Waals surface area contributed by atoms with Gasteiger partial charge in [-0.25, -0.2) is 9.59 Å². The summed E-state index contributed by atoms with van der Waals surface area (Å²) in [5.41, 5.74) is 2.66. The largest absolute Gasteiger partial charge is 0.457 e. The maximum Gasteiger partial charge on any atom is 0.338 e. The molecule has 0 saturated heterocycles. The average Bonchev–Trinajstić information content (AvgIpc) is 2.95. The van der Waals surface area contributed by atoms with Crippen molar-refractivity contribution < 1.29 is 28.5 Å². The molecular weight excluding hydrogens is 516 g/mol. The summed E-state index contributed by atoms with van der Waals surface area (Å²) < 4.78 is 22.4. The van der Waals surface area contributed by atoms with Crippen LogP contribution in [0.15, 0.2) is 121 Å². The van der Waals surface area contributed by atoms with Crippen LogP contribution < -0.4 is 18.9 Å². The molecule has 0 N–H and O–H groups in total. The normalized spacial score (nSPS) is 10.8. The molecule has 0 atom stereocenters. The minimum Gasteiger partial charge on any atom is -0.457 e. The fourth-order valence-corrected chi connectivity index (χ4v) is 3.86. The van der Waals surface area contributed by atoms with Gasteiger partial charge < -0.3 is 18.9 Å². The van der Waals surface area contributed by atoms with Gasteiger partial charge in [-0.15, -0.1) is 0 Å². The lowest BCUT2D eigenvalue weighted by atomic mass is 9.78. The predicted molar refractivity (Wildman–Crippen MR) is 159 cm³/mol. The maximum atomic E-state index is 11.7. The summed E-state index contributed by atoms with van der Waals surface area (Å²) in [5.74, 6) is 2.58. The third kappa shape index (κ3) is 7.51. The van der Waals surface area contributed by atoms with Gasteiger partial charge in [0.1, 0.15) is 34.5 Å². The van der Waals surface area contributed by atoms with E-state index >= 15 is 0 Å². The van der Waals surface area contributed by atoms with Crippen molar-refractivity contribution in [3.05, 3.63) is 132 Å². The van der Waals surface area contributed by atoms with Gasteiger partial charge in [0.15, 0.2) is 0 Å². The van der Waals surface area contributed by atoms with Gasteiger partial charge in [0, 0.05) is 16.6 Å². The van der Waals surface area contributed by atoms with E-state index in [-0.39, 0.29) is 5.41 Å². The Morgan fingerprint density at radius 2 is 0.732 bits per heavy atom. The highest BCUT2D eigenvalue weighted by Gasteiger charge is 2.23. The Labute approximate surface area is 240 Å². The molecule has 0 unspecified atom stereocenters. The van der Waals surface area contributed by atoms with Gasteiger partial charge >= 0.3 is 11.9 Å². The summed E-state index contributed by atoms with van der Waals surface area (Å²) in [4.78, 5) is 23.3. The molecule has 0 aliphatic carbocycles. The van der Waals surface area contributed by atoms with Crippen LogP contribution in [-0.4, -0.2) is 11.9 Å². The Hall–Kier alpha value is -5.10. The molecule has 208 valence electrons. The van der Waals surface area contributed by atoms with E-state index in [1.165, 1.54) is 0 Å². The first-order chi connectivity index (χ1) is 19.5. The summed E-state index contributed by atoms with van der Waals surface area (Å²) in [6.07, 6.45) is 0. The molecule has 0 fully saturated rings. The number of hydrogen-bond acceptors (Lipinski definition) is 6. The van der Waals surface area contributed by atoms with Crippen LogP contribution in [0.3, 0.4) is 0 Å². The molecule has 6 heteroatoms. The van der Waals surface area contributed by atoms with Crippen molar-refractivity contribution >= 4 is 11.9 Å². The number of hydrogen-bond donors (Lipinski definition) is 0. The number of benzene rings is 4. The van der Waals surface area contributed by atoms with E-state index in [4.69, 9.17) is 18.9 Å². The van der Waals surface area contributed by atoms with E-state index in [9.17, 15) is 9.59 Å². The van der Waals surface area contributed by atoms with E-state index in [2.05, 4.69) is 27.0 Å².